The normalized spacial score (nSPS) is 8.29. The summed E-state index contributed by atoms with van der Waals surface area (Å²) >= 11 is 0. The third-order valence-electron chi connectivity index (χ3n) is 0. The summed E-state index contributed by atoms with van der Waals surface area (Å²) in [5, 5.41) is 0. The molecule has 4 nitrogen and oxygen atoms in total. The van der Waals surface area contributed by atoms with Crippen molar-refractivity contribution < 1.29 is 54.4 Å². The molecule has 1 radical (unpaired) electrons. The van der Waals surface area contributed by atoms with Gasteiger partial charge in [-0.15, -0.1) is 0 Å². The Morgan fingerprint density at radius 1 is 1.14 bits per heavy atom. The van der Waals surface area contributed by atoms with Gasteiger partial charge in [-0.2, -0.15) is 0 Å². The molecule has 7 heteroatoms. The minimum Gasteiger partial charge on any atom is -0.759 e. The van der Waals surface area contributed by atoms with Crippen molar-refractivity contribution in [1.82, 2.24) is 0 Å². The Morgan fingerprint density at radius 3 is 1.14 bits per heavy atom. The van der Waals surface area contributed by atoms with Gasteiger partial charge in [0.15, 0.2) is 0 Å². The quantitative estimate of drug-likeness (QED) is 0.283. The molecule has 0 N–H and O–H groups in total. The summed E-state index contributed by atoms with van der Waals surface area (Å²) in [6, 6.07) is 0. The van der Waals surface area contributed by atoms with Crippen LogP contribution >= 0.6 is 0 Å². The van der Waals surface area contributed by atoms with Crippen molar-refractivity contribution in [2.75, 3.05) is 0 Å². The van der Waals surface area contributed by atoms with Crippen LogP contribution in [-0.2, 0) is 47.2 Å². The fourth-order valence-corrected chi connectivity index (χ4v) is 0. The largest absolute Gasteiger partial charge is 3.00 e. The van der Waals surface area contributed by atoms with Gasteiger partial charge in [-0.25, -0.2) is 0 Å². The average molecular weight is 213 g/mol. The molecule has 0 fully saturated rings. The van der Waals surface area contributed by atoms with Gasteiger partial charge in [0, 0.05) is 10.4 Å². The summed E-state index contributed by atoms with van der Waals surface area (Å²) in [7, 11) is -5.17. The third-order valence-corrected chi connectivity index (χ3v) is 0. The van der Waals surface area contributed by atoms with Crippen molar-refractivity contribution in [3.63, 3.8) is 0 Å². The minimum atomic E-state index is -5.17. The second kappa shape index (κ2) is 5.17. The summed E-state index contributed by atoms with van der Waals surface area (Å²) in [4.78, 5) is 0. The number of rotatable bonds is 0. The predicted molar refractivity (Wildman–Crippen MR) is 10.5 cm³/mol. The van der Waals surface area contributed by atoms with Crippen molar-refractivity contribution >= 4 is 10.4 Å². The van der Waals surface area contributed by atoms with Crippen LogP contribution in [-0.4, -0.2) is 17.5 Å². The van der Waals surface area contributed by atoms with Gasteiger partial charge in [-0.05, 0) is 0 Å². The molecule has 7 heavy (non-hydrogen) atoms. The van der Waals surface area contributed by atoms with Gasteiger partial charge < -0.3 is 9.11 Å². The van der Waals surface area contributed by atoms with Gasteiger partial charge in [0.1, 0.15) is 0 Å². The van der Waals surface area contributed by atoms with Crippen molar-refractivity contribution in [2.45, 2.75) is 0 Å². The molecule has 0 saturated carbocycles. The SMILES string of the molecule is O=S(=O)([O-])[O-].[Cr+3].[Zn+2]. The van der Waals surface area contributed by atoms with E-state index in [9.17, 15) is 0 Å². The molecule has 0 rings (SSSR count). The second-order valence-corrected chi connectivity index (χ2v) is 1.22. The molecular weight excluding hydrogens is 213 g/mol. The van der Waals surface area contributed by atoms with Gasteiger partial charge in [0.2, 0.25) is 0 Å². The van der Waals surface area contributed by atoms with Crippen molar-refractivity contribution in [2.24, 2.45) is 0 Å². The first-order valence-electron chi connectivity index (χ1n) is 0.667. The van der Waals surface area contributed by atoms with E-state index in [1.54, 1.807) is 0 Å². The summed E-state index contributed by atoms with van der Waals surface area (Å²) < 4.78 is 34.1. The third kappa shape index (κ3) is 169. The summed E-state index contributed by atoms with van der Waals surface area (Å²) in [5.41, 5.74) is 0. The zero-order valence-electron chi connectivity index (χ0n) is 3.16. The Labute approximate surface area is 64.8 Å². The first-order chi connectivity index (χ1) is 2.00. The van der Waals surface area contributed by atoms with Gasteiger partial charge in [0.05, 0.1) is 0 Å². The Hall–Kier alpha value is 1.03. The van der Waals surface area contributed by atoms with Gasteiger partial charge in [-0.3, -0.25) is 8.42 Å². The predicted octanol–water partition coefficient (Wildman–Crippen LogP) is -1.34. The van der Waals surface area contributed by atoms with Gasteiger partial charge >= 0.3 is 36.8 Å². The standard InChI is InChI=1S/Cr.H2O4S.Zn/c;1-5(2,3)4;/h;(H2,1,2,3,4);/q+3;;+2/p-2. The van der Waals surface area contributed by atoms with Crippen LogP contribution in [0.2, 0.25) is 0 Å². The molecule has 0 atom stereocenters. The van der Waals surface area contributed by atoms with Crippen LogP contribution in [0.15, 0.2) is 0 Å². The Morgan fingerprint density at radius 2 is 1.14 bits per heavy atom. The minimum absolute atomic E-state index is 0. The molecule has 0 aromatic carbocycles. The van der Waals surface area contributed by atoms with Crippen molar-refractivity contribution in [1.29, 1.82) is 0 Å². The van der Waals surface area contributed by atoms with E-state index in [2.05, 4.69) is 0 Å². The maximum Gasteiger partial charge on any atom is 3.00 e. The summed E-state index contributed by atoms with van der Waals surface area (Å²) in [6.45, 7) is 0. The Bertz CT molecular complexity index is 94.9. The molecule has 0 aliphatic heterocycles. The molecule has 0 spiro atoms. The van der Waals surface area contributed by atoms with E-state index < -0.39 is 10.4 Å². The van der Waals surface area contributed by atoms with Crippen LogP contribution < -0.4 is 0 Å². The molecule has 0 aliphatic carbocycles. The van der Waals surface area contributed by atoms with E-state index in [1.165, 1.54) is 0 Å². The van der Waals surface area contributed by atoms with Crippen LogP contribution in [0.4, 0.5) is 0 Å². The van der Waals surface area contributed by atoms with Crippen LogP contribution in [0.1, 0.15) is 0 Å². The van der Waals surface area contributed by atoms with E-state index in [0.717, 1.165) is 0 Å². The van der Waals surface area contributed by atoms with E-state index in [0.29, 0.717) is 0 Å². The molecule has 0 saturated heterocycles. The van der Waals surface area contributed by atoms with Gasteiger partial charge in [0.25, 0.3) is 0 Å². The fraction of sp³-hybridized carbons (Fsp3) is 0. The molecule has 0 amide bonds. The van der Waals surface area contributed by atoms with Crippen LogP contribution in [0, 0.1) is 0 Å². The molecule has 0 heterocycles. The second-order valence-electron chi connectivity index (χ2n) is 0.408. The molecule has 0 bridgehead atoms. The summed E-state index contributed by atoms with van der Waals surface area (Å²) in [6.07, 6.45) is 0. The topological polar surface area (TPSA) is 80.3 Å². The van der Waals surface area contributed by atoms with Crippen LogP contribution in [0.25, 0.3) is 0 Å². The number of hydrogen-bond donors (Lipinski definition) is 0. The first-order valence-corrected chi connectivity index (χ1v) is 2.00. The maximum atomic E-state index is 8.52. The fourth-order valence-electron chi connectivity index (χ4n) is 0. The van der Waals surface area contributed by atoms with E-state index >= 15 is 0 Å². The smallest absolute Gasteiger partial charge is 0.759 e. The monoisotopic (exact) mass is 212 g/mol. The zero-order chi connectivity index (χ0) is 4.50. The molecule has 0 aromatic heterocycles. The van der Waals surface area contributed by atoms with Crippen LogP contribution in [0.5, 0.6) is 0 Å². The zero-order valence-corrected chi connectivity index (χ0v) is 8.22. The van der Waals surface area contributed by atoms with Crippen molar-refractivity contribution in [3.8, 4) is 0 Å². The van der Waals surface area contributed by atoms with Crippen molar-refractivity contribution in [3.05, 3.63) is 0 Å². The van der Waals surface area contributed by atoms with E-state index in [-0.39, 0.29) is 36.8 Å². The van der Waals surface area contributed by atoms with E-state index in [1.807, 2.05) is 0 Å². The van der Waals surface area contributed by atoms with Gasteiger partial charge in [-0.1, -0.05) is 0 Å². The summed E-state index contributed by atoms with van der Waals surface area (Å²) in [5.74, 6) is 0. The molecule has 0 aliphatic rings. The van der Waals surface area contributed by atoms with Crippen LogP contribution in [0.3, 0.4) is 0 Å². The molecule has 35 valence electrons. The Balaban J connectivity index is -0.0000000800. The molecule has 0 unspecified atom stereocenters. The maximum absolute atomic E-state index is 8.52. The van der Waals surface area contributed by atoms with E-state index in [4.69, 9.17) is 17.5 Å². The molecular formula is CrO4SZn+3. The average Bonchev–Trinajstić information content (AvgIpc) is 0.722. The number of hydrogen-bond acceptors (Lipinski definition) is 4. The first kappa shape index (κ1) is 15.7. The molecule has 0 aromatic rings. The Kier molecular flexibility index (Phi) is 11.6.